The van der Waals surface area contributed by atoms with Gasteiger partial charge in [0.15, 0.2) is 0 Å². The molecular formula is C19H15BrN2O3S. The molecule has 26 heavy (non-hydrogen) atoms. The second kappa shape index (κ2) is 7.46. The summed E-state index contributed by atoms with van der Waals surface area (Å²) in [5, 5.41) is 8.64. The Hall–Kier alpha value is -2.40. The third kappa shape index (κ3) is 3.44. The molecule has 0 aliphatic carbocycles. The van der Waals surface area contributed by atoms with Crippen LogP contribution in [0.4, 0.5) is 0 Å². The Kier molecular flexibility index (Phi) is 5.28. The van der Waals surface area contributed by atoms with Gasteiger partial charge in [-0.1, -0.05) is 64.5 Å². The second-order valence-electron chi connectivity index (χ2n) is 5.59. The molecule has 7 heteroatoms. The summed E-state index contributed by atoms with van der Waals surface area (Å²) in [6.45, 7) is 0. The predicted molar refractivity (Wildman–Crippen MR) is 101 cm³/mol. The number of nitriles is 1. The fraction of sp³-hybridized carbons (Fsp3) is 0.105. The van der Waals surface area contributed by atoms with Gasteiger partial charge in [-0.2, -0.15) is 9.57 Å². The number of benzene rings is 2. The van der Waals surface area contributed by atoms with Crippen LogP contribution in [-0.4, -0.2) is 19.8 Å². The summed E-state index contributed by atoms with van der Waals surface area (Å²) in [5.41, 5.74) is 1.62. The highest BCUT2D eigenvalue weighted by molar-refractivity contribution is 9.10. The highest BCUT2D eigenvalue weighted by atomic mass is 79.9. The normalized spacial score (nSPS) is 12.7. The zero-order valence-electron chi connectivity index (χ0n) is 13.8. The number of halogens is 1. The molecule has 0 N–H and O–H groups in total. The number of sulfonamides is 1. The van der Waals surface area contributed by atoms with E-state index in [4.69, 9.17) is 9.68 Å². The van der Waals surface area contributed by atoms with E-state index in [1.165, 1.54) is 23.5 Å². The molecule has 0 spiro atoms. The summed E-state index contributed by atoms with van der Waals surface area (Å²) < 4.78 is 33.4. The summed E-state index contributed by atoms with van der Waals surface area (Å²) >= 11 is 3.51. The average Bonchev–Trinajstić information content (AvgIpc) is 3.14. The highest BCUT2D eigenvalue weighted by Crippen LogP contribution is 2.35. The molecular weight excluding hydrogens is 416 g/mol. The Bertz CT molecular complexity index is 1060. The van der Waals surface area contributed by atoms with E-state index < -0.39 is 16.1 Å². The molecule has 3 aromatic rings. The van der Waals surface area contributed by atoms with Gasteiger partial charge in [0, 0.05) is 11.5 Å². The Balaban J connectivity index is 2.13. The van der Waals surface area contributed by atoms with Crippen LogP contribution in [0.15, 0.2) is 80.7 Å². The summed E-state index contributed by atoms with van der Waals surface area (Å²) in [6, 6.07) is 20.7. The predicted octanol–water partition coefficient (Wildman–Crippen LogP) is 4.32. The minimum atomic E-state index is -3.95. The minimum absolute atomic E-state index is 0.0471. The first-order valence-electron chi connectivity index (χ1n) is 7.72. The SMILES string of the molecule is CN(C(c1ccccc1)c1ccccc1Br)S(=O)(=O)c1ccc(C#N)o1. The Labute approximate surface area is 160 Å². The van der Waals surface area contributed by atoms with Crippen LogP contribution in [0.3, 0.4) is 0 Å². The van der Waals surface area contributed by atoms with Gasteiger partial charge in [-0.25, -0.2) is 8.42 Å². The van der Waals surface area contributed by atoms with Gasteiger partial charge in [-0.3, -0.25) is 0 Å². The number of hydrogen-bond acceptors (Lipinski definition) is 4. The fourth-order valence-corrected chi connectivity index (χ4v) is 4.45. The van der Waals surface area contributed by atoms with Gasteiger partial charge in [0.25, 0.3) is 10.0 Å². The maximum atomic E-state index is 13.1. The maximum absolute atomic E-state index is 13.1. The van der Waals surface area contributed by atoms with Crippen LogP contribution in [0.5, 0.6) is 0 Å². The van der Waals surface area contributed by atoms with Crippen molar-refractivity contribution in [1.29, 1.82) is 5.26 Å². The van der Waals surface area contributed by atoms with E-state index in [9.17, 15) is 8.42 Å². The van der Waals surface area contributed by atoms with Crippen LogP contribution in [0, 0.1) is 11.3 Å². The van der Waals surface area contributed by atoms with Gasteiger partial charge in [-0.05, 0) is 29.3 Å². The molecule has 5 nitrogen and oxygen atoms in total. The molecule has 0 aliphatic rings. The Morgan fingerprint density at radius 2 is 1.69 bits per heavy atom. The van der Waals surface area contributed by atoms with Crippen molar-refractivity contribution in [2.75, 3.05) is 7.05 Å². The fourth-order valence-electron chi connectivity index (χ4n) is 2.72. The largest absolute Gasteiger partial charge is 0.433 e. The monoisotopic (exact) mass is 430 g/mol. The number of nitrogens with zero attached hydrogens (tertiary/aromatic N) is 2. The van der Waals surface area contributed by atoms with Crippen LogP contribution >= 0.6 is 15.9 Å². The molecule has 0 bridgehead atoms. The first-order valence-corrected chi connectivity index (χ1v) is 9.96. The summed E-state index contributed by atoms with van der Waals surface area (Å²) in [4.78, 5) is 0. The number of hydrogen-bond donors (Lipinski definition) is 0. The molecule has 0 aliphatic heterocycles. The molecule has 1 heterocycles. The van der Waals surface area contributed by atoms with E-state index in [1.807, 2.05) is 54.6 Å². The Morgan fingerprint density at radius 1 is 1.04 bits per heavy atom. The average molecular weight is 431 g/mol. The molecule has 2 aromatic carbocycles. The van der Waals surface area contributed by atoms with Crippen molar-refractivity contribution in [2.45, 2.75) is 11.1 Å². The lowest BCUT2D eigenvalue weighted by molar-refractivity contribution is 0.379. The van der Waals surface area contributed by atoms with E-state index in [2.05, 4.69) is 15.9 Å². The molecule has 132 valence electrons. The van der Waals surface area contributed by atoms with Crippen LogP contribution in [-0.2, 0) is 10.0 Å². The quantitative estimate of drug-likeness (QED) is 0.603. The third-order valence-corrected chi connectivity index (χ3v) is 6.42. The summed E-state index contributed by atoms with van der Waals surface area (Å²) in [7, 11) is -2.44. The van der Waals surface area contributed by atoms with Crippen LogP contribution < -0.4 is 0 Å². The topological polar surface area (TPSA) is 74.3 Å². The van der Waals surface area contributed by atoms with Crippen molar-refractivity contribution in [3.8, 4) is 6.07 Å². The highest BCUT2D eigenvalue weighted by Gasteiger charge is 2.33. The van der Waals surface area contributed by atoms with Crippen LogP contribution in [0.1, 0.15) is 22.9 Å². The first-order chi connectivity index (χ1) is 12.4. The van der Waals surface area contributed by atoms with Crippen LogP contribution in [0.25, 0.3) is 0 Å². The minimum Gasteiger partial charge on any atom is -0.433 e. The van der Waals surface area contributed by atoms with Gasteiger partial charge in [0.1, 0.15) is 6.07 Å². The van der Waals surface area contributed by atoms with E-state index in [1.54, 1.807) is 6.07 Å². The first kappa shape index (κ1) is 18.4. The Morgan fingerprint density at radius 3 is 2.31 bits per heavy atom. The molecule has 0 amide bonds. The molecule has 0 saturated heterocycles. The van der Waals surface area contributed by atoms with Gasteiger partial charge in [0.2, 0.25) is 10.9 Å². The van der Waals surface area contributed by atoms with Crippen molar-refractivity contribution in [1.82, 2.24) is 4.31 Å². The van der Waals surface area contributed by atoms with Gasteiger partial charge in [-0.15, -0.1) is 0 Å². The second-order valence-corrected chi connectivity index (χ2v) is 8.37. The lowest BCUT2D eigenvalue weighted by Gasteiger charge is -2.28. The van der Waals surface area contributed by atoms with Crippen molar-refractivity contribution in [2.24, 2.45) is 0 Å². The van der Waals surface area contributed by atoms with Gasteiger partial charge in [0.05, 0.1) is 6.04 Å². The number of furan rings is 1. The van der Waals surface area contributed by atoms with E-state index in [0.717, 1.165) is 15.6 Å². The zero-order valence-corrected chi connectivity index (χ0v) is 16.2. The summed E-state index contributed by atoms with van der Waals surface area (Å²) in [6.07, 6.45) is 0. The molecule has 0 fully saturated rings. The third-order valence-electron chi connectivity index (χ3n) is 4.00. The molecule has 0 radical (unpaired) electrons. The van der Waals surface area contributed by atoms with Crippen molar-refractivity contribution >= 4 is 26.0 Å². The molecule has 0 saturated carbocycles. The number of rotatable bonds is 5. The van der Waals surface area contributed by atoms with E-state index in [-0.39, 0.29) is 10.9 Å². The lowest BCUT2D eigenvalue weighted by atomic mass is 9.99. The molecule has 1 atom stereocenters. The van der Waals surface area contributed by atoms with E-state index in [0.29, 0.717) is 0 Å². The lowest BCUT2D eigenvalue weighted by Crippen LogP contribution is -2.32. The van der Waals surface area contributed by atoms with Crippen molar-refractivity contribution < 1.29 is 12.8 Å². The molecule has 1 aromatic heterocycles. The van der Waals surface area contributed by atoms with E-state index >= 15 is 0 Å². The molecule has 3 rings (SSSR count). The van der Waals surface area contributed by atoms with Crippen molar-refractivity contribution in [3.63, 3.8) is 0 Å². The van der Waals surface area contributed by atoms with Gasteiger partial charge >= 0.3 is 0 Å². The smallest absolute Gasteiger partial charge is 0.277 e. The maximum Gasteiger partial charge on any atom is 0.277 e. The zero-order chi connectivity index (χ0) is 18.7. The van der Waals surface area contributed by atoms with Crippen LogP contribution in [0.2, 0.25) is 0 Å². The van der Waals surface area contributed by atoms with Crippen molar-refractivity contribution in [3.05, 3.63) is 88.1 Å². The molecule has 1 unspecified atom stereocenters. The summed E-state index contributed by atoms with van der Waals surface area (Å²) in [5.74, 6) is -0.0471. The van der Waals surface area contributed by atoms with Gasteiger partial charge < -0.3 is 4.42 Å². The standard InChI is InChI=1S/C19H15BrN2O3S/c1-22(26(23,24)18-12-11-15(13-21)25-18)19(14-7-3-2-4-8-14)16-9-5-6-10-17(16)20/h2-12,19H,1H3.